The molecule has 3 atom stereocenters. The topological polar surface area (TPSA) is 172 Å². The third-order valence-corrected chi connectivity index (χ3v) is 8.41. The number of hydrogen-bond acceptors (Lipinski definition) is 9. The Kier molecular flexibility index (Phi) is 10.2. The summed E-state index contributed by atoms with van der Waals surface area (Å²) in [6.07, 6.45) is 2.58. The fourth-order valence-corrected chi connectivity index (χ4v) is 5.60. The van der Waals surface area contributed by atoms with Crippen molar-refractivity contribution in [3.63, 3.8) is 0 Å². The Labute approximate surface area is 277 Å². The van der Waals surface area contributed by atoms with Gasteiger partial charge in [-0.3, -0.25) is 24.1 Å². The highest BCUT2D eigenvalue weighted by Crippen LogP contribution is 2.40. The molecule has 2 aromatic carbocycles. The van der Waals surface area contributed by atoms with Crippen LogP contribution in [-0.2, 0) is 40.3 Å². The number of benzene rings is 2. The average molecular weight is 654 g/mol. The van der Waals surface area contributed by atoms with Crippen molar-refractivity contribution in [3.05, 3.63) is 107 Å². The predicted molar refractivity (Wildman–Crippen MR) is 173 cm³/mol. The van der Waals surface area contributed by atoms with Gasteiger partial charge in [-0.15, -0.1) is 0 Å². The molecule has 2 bridgehead atoms. The maximum absolute atomic E-state index is 13.8. The van der Waals surface area contributed by atoms with Crippen molar-refractivity contribution in [3.8, 4) is 0 Å². The summed E-state index contributed by atoms with van der Waals surface area (Å²) in [6, 6.07) is 19.2. The van der Waals surface area contributed by atoms with Gasteiger partial charge in [0.15, 0.2) is 11.5 Å². The molecule has 4 N–H and O–H groups in total. The number of hydrogen-bond donors (Lipinski definition) is 4. The lowest BCUT2D eigenvalue weighted by Gasteiger charge is -2.25. The number of carbonyl (C=O) groups is 4. The van der Waals surface area contributed by atoms with Crippen molar-refractivity contribution >= 4 is 23.6 Å². The Morgan fingerprint density at radius 1 is 0.771 bits per heavy atom. The first-order chi connectivity index (χ1) is 23.3. The van der Waals surface area contributed by atoms with Gasteiger partial charge in [0, 0.05) is 50.5 Å². The van der Waals surface area contributed by atoms with Crippen LogP contribution >= 0.6 is 0 Å². The minimum atomic E-state index is -1.03. The lowest BCUT2D eigenvalue weighted by atomic mass is 10.0. The van der Waals surface area contributed by atoms with Gasteiger partial charge in [-0.2, -0.15) is 0 Å². The van der Waals surface area contributed by atoms with Gasteiger partial charge in [-0.25, -0.2) is 0 Å². The van der Waals surface area contributed by atoms with Gasteiger partial charge in [0.25, 0.3) is 5.91 Å². The molecule has 4 amide bonds. The minimum Gasteiger partial charge on any atom is -0.361 e. The van der Waals surface area contributed by atoms with Crippen LogP contribution in [0.25, 0.3) is 0 Å². The second kappa shape index (κ2) is 15.1. The molecule has 0 radical (unpaired) electrons. The minimum absolute atomic E-state index is 0.0128. The molecular formula is C35H39N7O6. The Hall–Kier alpha value is -5.30. The highest BCUT2D eigenvalue weighted by molar-refractivity contribution is 5.97. The Bertz CT molecular complexity index is 1720. The quantitative estimate of drug-likeness (QED) is 0.234. The first-order valence-corrected chi connectivity index (χ1v) is 16.2. The van der Waals surface area contributed by atoms with Crippen LogP contribution in [0.2, 0.25) is 0 Å². The summed E-state index contributed by atoms with van der Waals surface area (Å²) < 4.78 is 11.0. The van der Waals surface area contributed by atoms with Crippen LogP contribution in [-0.4, -0.2) is 70.1 Å². The number of nitrogens with one attached hydrogen (secondary N) is 4. The second-order valence-electron chi connectivity index (χ2n) is 12.4. The van der Waals surface area contributed by atoms with Crippen molar-refractivity contribution in [2.75, 3.05) is 13.1 Å². The van der Waals surface area contributed by atoms with Crippen molar-refractivity contribution in [1.82, 2.24) is 36.5 Å². The first-order valence-electron chi connectivity index (χ1n) is 16.2. The van der Waals surface area contributed by atoms with Crippen LogP contribution in [0.1, 0.15) is 64.5 Å². The molecule has 4 aromatic rings. The third-order valence-electron chi connectivity index (χ3n) is 8.41. The fraction of sp³-hybridized carbons (Fsp3) is 0.371. The van der Waals surface area contributed by atoms with Crippen LogP contribution < -0.4 is 21.3 Å². The van der Waals surface area contributed by atoms with E-state index in [2.05, 4.69) is 31.6 Å². The summed E-state index contributed by atoms with van der Waals surface area (Å²) in [6.45, 7) is 2.83. The van der Waals surface area contributed by atoms with Gasteiger partial charge in [0.2, 0.25) is 17.7 Å². The van der Waals surface area contributed by atoms with E-state index in [4.69, 9.17) is 9.05 Å². The predicted octanol–water partition coefficient (Wildman–Crippen LogP) is 2.25. The summed E-state index contributed by atoms with van der Waals surface area (Å²) in [7, 11) is 0. The molecule has 1 saturated carbocycles. The molecule has 250 valence electrons. The molecule has 2 aromatic heterocycles. The van der Waals surface area contributed by atoms with Crippen molar-refractivity contribution < 1.29 is 28.2 Å². The summed E-state index contributed by atoms with van der Waals surface area (Å²) in [5.74, 6) is -0.354. The number of amides is 4. The molecule has 0 unspecified atom stereocenters. The average Bonchev–Trinajstić information content (AvgIpc) is 3.65. The summed E-state index contributed by atoms with van der Waals surface area (Å²) in [5, 5.41) is 19.4. The van der Waals surface area contributed by atoms with Crippen LogP contribution in [0.3, 0.4) is 0 Å². The molecule has 3 heterocycles. The van der Waals surface area contributed by atoms with E-state index in [0.717, 1.165) is 35.4 Å². The first kappa shape index (κ1) is 32.6. The Morgan fingerprint density at radius 3 is 2.08 bits per heavy atom. The Morgan fingerprint density at radius 2 is 1.42 bits per heavy atom. The number of aromatic nitrogens is 2. The lowest BCUT2D eigenvalue weighted by Crippen LogP contribution is -2.57. The molecular weight excluding hydrogens is 614 g/mol. The zero-order valence-electron chi connectivity index (χ0n) is 26.7. The van der Waals surface area contributed by atoms with Crippen molar-refractivity contribution in [2.24, 2.45) is 0 Å². The highest BCUT2D eigenvalue weighted by Gasteiger charge is 2.31. The molecule has 1 aliphatic carbocycles. The van der Waals surface area contributed by atoms with E-state index >= 15 is 0 Å². The maximum Gasteiger partial charge on any atom is 0.274 e. The number of rotatable bonds is 7. The van der Waals surface area contributed by atoms with E-state index in [-0.39, 0.29) is 37.5 Å². The van der Waals surface area contributed by atoms with Crippen LogP contribution in [0.15, 0.2) is 81.8 Å². The zero-order chi connectivity index (χ0) is 33.5. The number of carbonyl (C=O) groups excluding carboxylic acids is 4. The monoisotopic (exact) mass is 653 g/mol. The van der Waals surface area contributed by atoms with Crippen molar-refractivity contribution in [2.45, 2.75) is 69.7 Å². The molecule has 13 nitrogen and oxygen atoms in total. The van der Waals surface area contributed by atoms with E-state index in [1.807, 2.05) is 71.6 Å². The lowest BCUT2D eigenvalue weighted by molar-refractivity contribution is -0.132. The van der Waals surface area contributed by atoms with Gasteiger partial charge in [0.1, 0.15) is 23.9 Å². The van der Waals surface area contributed by atoms with Gasteiger partial charge < -0.3 is 30.3 Å². The summed E-state index contributed by atoms with van der Waals surface area (Å²) in [5.41, 5.74) is 2.42. The third kappa shape index (κ3) is 8.73. The van der Waals surface area contributed by atoms with Gasteiger partial charge in [0.05, 0.1) is 12.2 Å². The standard InChI is InChI=1S/C35H39N7O6/c1-22-32(43)38-29(17-24-10-6-3-7-11-24)34(45)39-28(16-23-8-4-2-5-9-23)33(44)36-14-15-42(20-26-18-31(48-40-26)25-12-13-25)21-27-19-30(41-47-27)35(46)37-22/h2-11,18-19,22,25,28-29H,12-17,20-21H2,1H3,(H,36,44)(H,37,46)(H,38,43)(H,39,45)/t22-,28+,29-/m0/s1. The van der Waals surface area contributed by atoms with Gasteiger partial charge in [-0.05, 0) is 30.9 Å². The molecule has 13 heteroatoms. The number of fused-ring (bicyclic) bond motifs is 2. The van der Waals surface area contributed by atoms with E-state index < -0.39 is 35.8 Å². The molecule has 2 aliphatic rings. The smallest absolute Gasteiger partial charge is 0.274 e. The molecule has 1 aliphatic heterocycles. The van der Waals surface area contributed by atoms with Crippen LogP contribution in [0.5, 0.6) is 0 Å². The summed E-state index contributed by atoms with van der Waals surface area (Å²) in [4.78, 5) is 55.9. The number of nitrogens with zero attached hydrogens (tertiary/aromatic N) is 3. The molecule has 6 rings (SSSR count). The van der Waals surface area contributed by atoms with Crippen molar-refractivity contribution in [1.29, 1.82) is 0 Å². The Balaban J connectivity index is 1.26. The normalized spacial score (nSPS) is 21.7. The molecule has 48 heavy (non-hydrogen) atoms. The molecule has 0 saturated heterocycles. The van der Waals surface area contributed by atoms with Crippen LogP contribution in [0.4, 0.5) is 0 Å². The van der Waals surface area contributed by atoms with E-state index in [1.54, 1.807) is 0 Å². The largest absolute Gasteiger partial charge is 0.361 e. The van der Waals surface area contributed by atoms with Gasteiger partial charge in [-0.1, -0.05) is 71.0 Å². The fourth-order valence-electron chi connectivity index (χ4n) is 5.60. The highest BCUT2D eigenvalue weighted by atomic mass is 16.5. The zero-order valence-corrected chi connectivity index (χ0v) is 26.7. The second-order valence-corrected chi connectivity index (χ2v) is 12.4. The maximum atomic E-state index is 13.8. The van der Waals surface area contributed by atoms with E-state index in [1.165, 1.54) is 13.0 Å². The van der Waals surface area contributed by atoms with Crippen LogP contribution in [0, 0.1) is 0 Å². The van der Waals surface area contributed by atoms with E-state index in [0.29, 0.717) is 24.8 Å². The molecule has 0 spiro atoms. The van der Waals surface area contributed by atoms with E-state index in [9.17, 15) is 19.2 Å². The SMILES string of the molecule is C[C@@H]1NC(=O)c2cc(on2)CN(Cc2cc(C3CC3)on2)CCNC(=O)[C@@H](Cc2ccccc2)NC(=O)[C@H](Cc2ccccc2)NC1=O. The summed E-state index contributed by atoms with van der Waals surface area (Å²) >= 11 is 0. The molecule has 1 fully saturated rings. The van der Waals surface area contributed by atoms with Gasteiger partial charge >= 0.3 is 0 Å².